The fraction of sp³-hybridized carbons (Fsp3) is 0.441. The molecule has 1 amide bonds. The maximum Gasteiger partial charge on any atom is 0.245 e. The number of halogens is 1. The second-order valence-corrected chi connectivity index (χ2v) is 13.3. The van der Waals surface area contributed by atoms with Crippen molar-refractivity contribution in [2.45, 2.75) is 49.5 Å². The Morgan fingerprint density at radius 1 is 0.953 bits per heavy atom. The Kier molecular flexibility index (Phi) is 12.3. The zero-order chi connectivity index (χ0) is 30.7. The topological polar surface area (TPSA) is 87.7 Å². The quantitative estimate of drug-likeness (QED) is 0.228. The van der Waals surface area contributed by atoms with E-state index in [1.54, 1.807) is 24.3 Å². The summed E-state index contributed by atoms with van der Waals surface area (Å²) in [6.07, 6.45) is 5.76. The summed E-state index contributed by atoms with van der Waals surface area (Å²) in [5.74, 6) is 0.626. The van der Waals surface area contributed by atoms with Crippen molar-refractivity contribution in [3.8, 4) is 0 Å². The van der Waals surface area contributed by atoms with Gasteiger partial charge in [-0.2, -0.15) is 0 Å². The summed E-state index contributed by atoms with van der Waals surface area (Å²) in [4.78, 5) is 14.7. The third-order valence-corrected chi connectivity index (χ3v) is 9.79. The molecule has 232 valence electrons. The first-order chi connectivity index (χ1) is 20.7. The number of rotatable bonds is 15. The molecule has 1 saturated carbocycles. The predicted octanol–water partition coefficient (Wildman–Crippen LogP) is 5.33. The molecule has 0 bridgehead atoms. The molecule has 2 N–H and O–H groups in total. The van der Waals surface area contributed by atoms with Gasteiger partial charge >= 0.3 is 0 Å². The maximum absolute atomic E-state index is 13.8. The summed E-state index contributed by atoms with van der Waals surface area (Å²) in [7, 11) is 0.392. The van der Waals surface area contributed by atoms with Gasteiger partial charge in [-0.05, 0) is 86.5 Å². The number of benzene rings is 3. The molecule has 0 aliphatic heterocycles. The van der Waals surface area contributed by atoms with E-state index in [9.17, 15) is 17.6 Å². The summed E-state index contributed by atoms with van der Waals surface area (Å²) < 4.78 is 47.8. The second kappa shape index (κ2) is 16.1. The lowest BCUT2D eigenvalue weighted by Gasteiger charge is -2.37. The average molecular weight is 610 g/mol. The number of ether oxygens (including phenoxy) is 1. The van der Waals surface area contributed by atoms with Crippen LogP contribution in [0.25, 0.3) is 0 Å². The minimum Gasteiger partial charge on any atom is -0.370 e. The van der Waals surface area contributed by atoms with Gasteiger partial charge in [-0.15, -0.1) is 0 Å². The van der Waals surface area contributed by atoms with Gasteiger partial charge in [0, 0.05) is 19.1 Å². The molecule has 7 nitrogen and oxygen atoms in total. The highest BCUT2D eigenvalue weighted by molar-refractivity contribution is 7.89. The van der Waals surface area contributed by atoms with Crippen molar-refractivity contribution >= 4 is 15.9 Å². The van der Waals surface area contributed by atoms with Gasteiger partial charge in [0.05, 0.1) is 11.5 Å². The van der Waals surface area contributed by atoms with Crippen molar-refractivity contribution in [2.24, 2.45) is 11.8 Å². The molecule has 1 aliphatic rings. The lowest BCUT2D eigenvalue weighted by Crippen LogP contribution is -2.33. The smallest absolute Gasteiger partial charge is 0.245 e. The number of amides is 1. The molecule has 43 heavy (non-hydrogen) atoms. The number of carbonyl (C=O) groups excluding carboxylic acids is 1. The van der Waals surface area contributed by atoms with Crippen molar-refractivity contribution in [2.75, 3.05) is 40.4 Å². The van der Waals surface area contributed by atoms with Gasteiger partial charge in [0.15, 0.2) is 0 Å². The van der Waals surface area contributed by atoms with E-state index in [4.69, 9.17) is 4.74 Å². The maximum atomic E-state index is 13.8. The van der Waals surface area contributed by atoms with E-state index in [2.05, 4.69) is 29.0 Å². The Morgan fingerprint density at radius 2 is 1.67 bits per heavy atom. The van der Waals surface area contributed by atoms with Gasteiger partial charge in [-0.25, -0.2) is 17.5 Å². The molecule has 0 saturated heterocycles. The highest BCUT2D eigenvalue weighted by Crippen LogP contribution is 2.40. The molecule has 1 aliphatic carbocycles. The Balaban J connectivity index is 1.12. The van der Waals surface area contributed by atoms with Crippen LogP contribution >= 0.6 is 0 Å². The first-order valence-corrected chi connectivity index (χ1v) is 16.6. The van der Waals surface area contributed by atoms with Crippen LogP contribution < -0.4 is 10.0 Å². The molecule has 0 aromatic heterocycles. The average Bonchev–Trinajstić information content (AvgIpc) is 2.98. The molecule has 0 spiro atoms. The molecule has 3 aromatic carbocycles. The molecular formula is C34H44FN3O4S. The monoisotopic (exact) mass is 609 g/mol. The molecule has 3 aromatic rings. The lowest BCUT2D eigenvalue weighted by molar-refractivity contribution is -0.125. The van der Waals surface area contributed by atoms with Crippen LogP contribution in [0.15, 0.2) is 83.8 Å². The van der Waals surface area contributed by atoms with Gasteiger partial charge in [0.1, 0.15) is 12.4 Å². The number of carbonyl (C=O) groups is 1. The fourth-order valence-electron chi connectivity index (χ4n) is 6.16. The van der Waals surface area contributed by atoms with E-state index in [0.717, 1.165) is 48.8 Å². The summed E-state index contributed by atoms with van der Waals surface area (Å²) in [6, 6.07) is 23.8. The number of sulfonamides is 1. The summed E-state index contributed by atoms with van der Waals surface area (Å²) >= 11 is 0. The molecular weight excluding hydrogens is 565 g/mol. The lowest BCUT2D eigenvalue weighted by atomic mass is 9.75. The zero-order valence-corrected chi connectivity index (χ0v) is 26.0. The van der Waals surface area contributed by atoms with E-state index in [-0.39, 0.29) is 42.4 Å². The van der Waals surface area contributed by atoms with Crippen LogP contribution in [-0.4, -0.2) is 59.6 Å². The van der Waals surface area contributed by atoms with Crippen molar-refractivity contribution in [1.82, 2.24) is 14.9 Å². The Labute approximate surface area is 255 Å². The Morgan fingerprint density at radius 3 is 2.40 bits per heavy atom. The molecule has 0 radical (unpaired) electrons. The van der Waals surface area contributed by atoms with Crippen LogP contribution in [0.4, 0.5) is 4.39 Å². The third kappa shape index (κ3) is 9.96. The van der Waals surface area contributed by atoms with Gasteiger partial charge in [-0.1, -0.05) is 73.5 Å². The van der Waals surface area contributed by atoms with Crippen molar-refractivity contribution in [3.05, 3.63) is 101 Å². The minimum atomic E-state index is -3.72. The van der Waals surface area contributed by atoms with Crippen molar-refractivity contribution < 1.29 is 22.3 Å². The summed E-state index contributed by atoms with van der Waals surface area (Å²) in [5.41, 5.74) is 2.78. The molecule has 1 atom stereocenters. The van der Waals surface area contributed by atoms with Crippen LogP contribution in [0.5, 0.6) is 0 Å². The number of hydrogen-bond acceptors (Lipinski definition) is 5. The number of nitrogens with zero attached hydrogens (tertiary/aromatic N) is 1. The first-order valence-electron chi connectivity index (χ1n) is 15.1. The standard InChI is InChI=1S/C34H44FN3O4S/c1-38(2)34(30-12-8-13-31(35)24-30)28-17-15-26(16-18-28)19-20-36-33(39)25-42-22-21-37-43(40,41)32-14-7-6-11-29(32)23-27-9-4-3-5-10-27/h3-14,24,26,28,34,37H,15-23,25H2,1-2H3,(H,36,39). The molecule has 0 heterocycles. The zero-order valence-electron chi connectivity index (χ0n) is 25.2. The Hall–Kier alpha value is -3.11. The van der Waals surface area contributed by atoms with Gasteiger partial charge in [0.25, 0.3) is 0 Å². The number of hydrogen-bond donors (Lipinski definition) is 2. The van der Waals surface area contributed by atoms with Crippen molar-refractivity contribution in [1.29, 1.82) is 0 Å². The second-order valence-electron chi connectivity index (χ2n) is 11.6. The normalized spacial score (nSPS) is 18.0. The molecule has 9 heteroatoms. The Bertz CT molecular complexity index is 1410. The fourth-order valence-corrected chi connectivity index (χ4v) is 7.41. The first kappa shape index (κ1) is 32.8. The van der Waals surface area contributed by atoms with Crippen LogP contribution in [0.1, 0.15) is 54.8 Å². The molecule has 4 rings (SSSR count). The van der Waals surface area contributed by atoms with E-state index >= 15 is 0 Å². The highest BCUT2D eigenvalue weighted by Gasteiger charge is 2.30. The third-order valence-electron chi connectivity index (χ3n) is 8.23. The molecule has 1 fully saturated rings. The summed E-state index contributed by atoms with van der Waals surface area (Å²) in [6.45, 7) is 0.637. The largest absolute Gasteiger partial charge is 0.370 e. The minimum absolute atomic E-state index is 0.0715. The van der Waals surface area contributed by atoms with Crippen molar-refractivity contribution in [3.63, 3.8) is 0 Å². The van der Waals surface area contributed by atoms with Crippen LogP contribution in [0.2, 0.25) is 0 Å². The van der Waals surface area contributed by atoms with Crippen LogP contribution in [0, 0.1) is 17.7 Å². The van der Waals surface area contributed by atoms with Gasteiger partial charge in [0.2, 0.25) is 15.9 Å². The summed E-state index contributed by atoms with van der Waals surface area (Å²) in [5, 5.41) is 2.93. The number of nitrogens with one attached hydrogen (secondary N) is 2. The van der Waals surface area contributed by atoms with Crippen LogP contribution in [0.3, 0.4) is 0 Å². The van der Waals surface area contributed by atoms with Gasteiger partial charge in [-0.3, -0.25) is 4.79 Å². The van der Waals surface area contributed by atoms with Gasteiger partial charge < -0.3 is 15.0 Å². The highest BCUT2D eigenvalue weighted by atomic mass is 32.2. The van der Waals surface area contributed by atoms with Crippen LogP contribution in [-0.2, 0) is 26.0 Å². The predicted molar refractivity (Wildman–Crippen MR) is 168 cm³/mol. The molecule has 1 unspecified atom stereocenters. The SMILES string of the molecule is CN(C)C(c1cccc(F)c1)C1CCC(CCNC(=O)COCCNS(=O)(=O)c2ccccc2Cc2ccccc2)CC1. The van der Waals surface area contributed by atoms with E-state index in [1.165, 1.54) is 6.07 Å². The van der Waals surface area contributed by atoms with E-state index in [1.807, 2.05) is 48.5 Å². The van der Waals surface area contributed by atoms with E-state index in [0.29, 0.717) is 24.8 Å². The van der Waals surface area contributed by atoms with E-state index < -0.39 is 10.0 Å².